The molecule has 7 heteroatoms. The molecule has 0 radical (unpaired) electrons. The number of aromatic nitrogens is 1. The largest absolute Gasteiger partial charge is 0.504 e. The molecule has 1 aromatic heterocycles. The summed E-state index contributed by atoms with van der Waals surface area (Å²) >= 11 is 0. The van der Waals surface area contributed by atoms with Crippen molar-refractivity contribution in [3.63, 3.8) is 0 Å². The second kappa shape index (κ2) is 4.46. The summed E-state index contributed by atoms with van der Waals surface area (Å²) in [5.74, 6) is -3.03. The van der Waals surface area contributed by atoms with Crippen LogP contribution in [0.5, 0.6) is 0 Å². The minimum Gasteiger partial charge on any atom is -0.504 e. The fourth-order valence-electron chi connectivity index (χ4n) is 1.59. The Morgan fingerprint density at radius 1 is 1.56 bits per heavy atom. The Bertz CT molecular complexity index is 526. The molecule has 1 atom stereocenters. The first-order chi connectivity index (χ1) is 8.50. The van der Waals surface area contributed by atoms with Crippen molar-refractivity contribution in [2.45, 2.75) is 12.3 Å². The highest BCUT2D eigenvalue weighted by Gasteiger charge is 2.32. The van der Waals surface area contributed by atoms with Gasteiger partial charge in [0.2, 0.25) is 5.85 Å². The lowest BCUT2D eigenvalue weighted by Crippen LogP contribution is -2.48. The summed E-state index contributed by atoms with van der Waals surface area (Å²) in [6.07, 6.45) is 4.34. The number of aliphatic hydroxyl groups is 2. The van der Waals surface area contributed by atoms with Crippen molar-refractivity contribution in [2.75, 3.05) is 0 Å². The van der Waals surface area contributed by atoms with Gasteiger partial charge in [-0.15, -0.1) is 0 Å². The highest BCUT2D eigenvalue weighted by Crippen LogP contribution is 2.16. The van der Waals surface area contributed by atoms with Crippen LogP contribution in [0.3, 0.4) is 0 Å². The van der Waals surface area contributed by atoms with Crippen LogP contribution in [0.4, 0.5) is 0 Å². The number of pyridine rings is 1. The molecule has 1 aliphatic heterocycles. The van der Waals surface area contributed by atoms with Gasteiger partial charge in [0.05, 0.1) is 0 Å². The van der Waals surface area contributed by atoms with Gasteiger partial charge in [-0.2, -0.15) is 0 Å². The van der Waals surface area contributed by atoms with Crippen LogP contribution in [0.25, 0.3) is 0 Å². The van der Waals surface area contributed by atoms with E-state index in [1.54, 1.807) is 24.5 Å². The number of carbonyl (C=O) groups excluding carboxylic acids is 1. The smallest absolute Gasteiger partial charge is 0.270 e. The lowest BCUT2D eigenvalue weighted by atomic mass is 10.1. The van der Waals surface area contributed by atoms with Crippen LogP contribution in [-0.4, -0.2) is 32.7 Å². The molecule has 0 aromatic carbocycles. The Balaban J connectivity index is 2.25. The summed E-state index contributed by atoms with van der Waals surface area (Å²) < 4.78 is 0. The number of nitrogens with zero attached hydrogens (tertiary/aromatic N) is 2. The zero-order valence-electron chi connectivity index (χ0n) is 9.37. The third kappa shape index (κ3) is 2.46. The number of nitrogens with two attached hydrogens (primary N) is 1. The number of hydrogen-bond donors (Lipinski definition) is 4. The summed E-state index contributed by atoms with van der Waals surface area (Å²) in [6.45, 7) is 0. The molecule has 0 saturated carbocycles. The third-order valence-corrected chi connectivity index (χ3v) is 2.39. The van der Waals surface area contributed by atoms with Gasteiger partial charge >= 0.3 is 0 Å². The monoisotopic (exact) mass is 248 g/mol. The SMILES string of the molecule is NC(=O)C1=NC(O)(Cc2cccnc2)NC=C1O. The van der Waals surface area contributed by atoms with E-state index in [1.165, 1.54) is 0 Å². The Kier molecular flexibility index (Phi) is 2.99. The number of hydrogen-bond acceptors (Lipinski definition) is 6. The van der Waals surface area contributed by atoms with E-state index in [9.17, 15) is 15.0 Å². The molecule has 2 rings (SSSR count). The highest BCUT2D eigenvalue weighted by molar-refractivity contribution is 6.44. The van der Waals surface area contributed by atoms with Gasteiger partial charge in [-0.05, 0) is 11.6 Å². The molecule has 0 saturated heterocycles. The molecule has 1 aliphatic rings. The maximum atomic E-state index is 11.0. The molecule has 0 fully saturated rings. The van der Waals surface area contributed by atoms with Crippen LogP contribution in [0.1, 0.15) is 5.56 Å². The van der Waals surface area contributed by atoms with Gasteiger partial charge in [-0.1, -0.05) is 6.07 Å². The second-order valence-electron chi connectivity index (χ2n) is 3.85. The van der Waals surface area contributed by atoms with Crippen LogP contribution in [0, 0.1) is 0 Å². The molecule has 0 spiro atoms. The van der Waals surface area contributed by atoms with Crippen molar-refractivity contribution in [1.29, 1.82) is 0 Å². The Labute approximate surface area is 103 Å². The zero-order valence-corrected chi connectivity index (χ0v) is 9.37. The second-order valence-corrected chi connectivity index (χ2v) is 3.85. The van der Waals surface area contributed by atoms with E-state index in [0.717, 1.165) is 11.8 Å². The fourth-order valence-corrected chi connectivity index (χ4v) is 1.59. The maximum absolute atomic E-state index is 11.0. The minimum atomic E-state index is -1.72. The Hall–Kier alpha value is -2.41. The van der Waals surface area contributed by atoms with Crippen molar-refractivity contribution in [1.82, 2.24) is 10.3 Å². The molecule has 5 N–H and O–H groups in total. The predicted molar refractivity (Wildman–Crippen MR) is 63.4 cm³/mol. The molecule has 1 aromatic rings. The van der Waals surface area contributed by atoms with E-state index in [1.807, 2.05) is 0 Å². The highest BCUT2D eigenvalue weighted by atomic mass is 16.3. The van der Waals surface area contributed by atoms with E-state index in [0.29, 0.717) is 0 Å². The number of aliphatic imine (C=N–C) groups is 1. The summed E-state index contributed by atoms with van der Waals surface area (Å²) in [5.41, 5.74) is 5.41. The summed E-state index contributed by atoms with van der Waals surface area (Å²) in [6, 6.07) is 3.47. The number of rotatable bonds is 3. The van der Waals surface area contributed by atoms with E-state index < -0.39 is 17.5 Å². The van der Waals surface area contributed by atoms with Gasteiger partial charge in [0, 0.05) is 25.0 Å². The predicted octanol–water partition coefficient (Wildman–Crippen LogP) is -0.801. The van der Waals surface area contributed by atoms with Crippen LogP contribution >= 0.6 is 0 Å². The van der Waals surface area contributed by atoms with Gasteiger partial charge in [0.1, 0.15) is 0 Å². The molecule has 1 unspecified atom stereocenters. The number of carbonyl (C=O) groups is 1. The number of primary amides is 1. The molecule has 0 bridgehead atoms. The van der Waals surface area contributed by atoms with Crippen molar-refractivity contribution < 1.29 is 15.0 Å². The van der Waals surface area contributed by atoms with Crippen molar-refractivity contribution in [3.05, 3.63) is 42.0 Å². The minimum absolute atomic E-state index is 0.0847. The quantitative estimate of drug-likeness (QED) is 0.558. The maximum Gasteiger partial charge on any atom is 0.270 e. The summed E-state index contributed by atoms with van der Waals surface area (Å²) in [5, 5.41) is 22.1. The normalized spacial score (nSPS) is 22.7. The Morgan fingerprint density at radius 3 is 2.94 bits per heavy atom. The number of nitrogens with one attached hydrogen (secondary N) is 1. The van der Waals surface area contributed by atoms with Gasteiger partial charge in [-0.25, -0.2) is 4.99 Å². The average molecular weight is 248 g/mol. The van der Waals surface area contributed by atoms with Crippen LogP contribution in [-0.2, 0) is 11.2 Å². The molecule has 1 amide bonds. The first kappa shape index (κ1) is 12.1. The fraction of sp³-hybridized carbons (Fsp3) is 0.182. The number of aliphatic hydroxyl groups excluding tert-OH is 1. The zero-order chi connectivity index (χ0) is 13.2. The van der Waals surface area contributed by atoms with E-state index in [2.05, 4.69) is 15.3 Å². The molecule has 94 valence electrons. The van der Waals surface area contributed by atoms with Crippen molar-refractivity contribution in [3.8, 4) is 0 Å². The number of amides is 1. The molecule has 7 nitrogen and oxygen atoms in total. The summed E-state index contributed by atoms with van der Waals surface area (Å²) in [4.78, 5) is 18.7. The van der Waals surface area contributed by atoms with Gasteiger partial charge in [-0.3, -0.25) is 9.78 Å². The first-order valence-corrected chi connectivity index (χ1v) is 5.18. The van der Waals surface area contributed by atoms with Gasteiger partial charge in [0.25, 0.3) is 5.91 Å². The standard InChI is InChI=1S/C11H12N4O3/c12-10(17)9-8(16)6-14-11(18,15-9)4-7-2-1-3-13-5-7/h1-3,5-6,14,16,18H,4H2,(H2,12,17). The van der Waals surface area contributed by atoms with Crippen LogP contribution < -0.4 is 11.1 Å². The molecule has 18 heavy (non-hydrogen) atoms. The molecule has 2 heterocycles. The lowest BCUT2D eigenvalue weighted by molar-refractivity contribution is -0.112. The van der Waals surface area contributed by atoms with E-state index in [-0.39, 0.29) is 12.1 Å². The van der Waals surface area contributed by atoms with Crippen LogP contribution in [0.2, 0.25) is 0 Å². The first-order valence-electron chi connectivity index (χ1n) is 5.18. The molecule has 0 aliphatic carbocycles. The van der Waals surface area contributed by atoms with Crippen LogP contribution in [0.15, 0.2) is 41.5 Å². The lowest BCUT2D eigenvalue weighted by Gasteiger charge is -2.28. The van der Waals surface area contributed by atoms with Crippen molar-refractivity contribution in [2.24, 2.45) is 10.7 Å². The van der Waals surface area contributed by atoms with Gasteiger partial charge in [0.15, 0.2) is 11.5 Å². The van der Waals surface area contributed by atoms with Gasteiger partial charge < -0.3 is 21.3 Å². The molecular formula is C11H12N4O3. The summed E-state index contributed by atoms with van der Waals surface area (Å²) in [7, 11) is 0. The van der Waals surface area contributed by atoms with E-state index in [4.69, 9.17) is 5.73 Å². The van der Waals surface area contributed by atoms with E-state index >= 15 is 0 Å². The van der Waals surface area contributed by atoms with Crippen molar-refractivity contribution >= 4 is 11.6 Å². The topological polar surface area (TPSA) is 121 Å². The average Bonchev–Trinajstić information content (AvgIpc) is 2.33. The molecular weight excluding hydrogens is 236 g/mol. The third-order valence-electron chi connectivity index (χ3n) is 2.39. The Morgan fingerprint density at radius 2 is 2.33 bits per heavy atom.